The summed E-state index contributed by atoms with van der Waals surface area (Å²) in [6.45, 7) is 2.92. The van der Waals surface area contributed by atoms with Crippen molar-refractivity contribution in [2.75, 3.05) is 49.3 Å². The lowest BCUT2D eigenvalue weighted by Crippen LogP contribution is -2.36. The van der Waals surface area contributed by atoms with Gasteiger partial charge in [0.1, 0.15) is 5.82 Å². The Morgan fingerprint density at radius 2 is 2.05 bits per heavy atom. The molecule has 0 bridgehead atoms. The number of nitrogens with zero attached hydrogens (tertiary/aromatic N) is 4. The van der Waals surface area contributed by atoms with Gasteiger partial charge in [-0.05, 0) is 6.07 Å². The molecule has 22 heavy (non-hydrogen) atoms. The number of pyridine rings is 1. The average Bonchev–Trinajstić information content (AvgIpc) is 2.57. The Kier molecular flexibility index (Phi) is 3.92. The maximum absolute atomic E-state index is 9.73. The highest BCUT2D eigenvalue weighted by atomic mass is 16.5. The van der Waals surface area contributed by atoms with Crippen LogP contribution in [0.2, 0.25) is 0 Å². The topological polar surface area (TPSA) is 109 Å². The number of nitrogen functional groups attached to an aromatic ring is 1. The lowest BCUT2D eigenvalue weighted by molar-refractivity contribution is 0.122. The van der Waals surface area contributed by atoms with E-state index in [4.69, 9.17) is 10.5 Å². The second-order valence-electron chi connectivity index (χ2n) is 4.91. The number of nitrogens with two attached hydrogens (primary N) is 1. The molecule has 1 fully saturated rings. The zero-order valence-corrected chi connectivity index (χ0v) is 12.3. The number of hydrogen-bond donors (Lipinski definition) is 3. The third-order valence-electron chi connectivity index (χ3n) is 3.46. The van der Waals surface area contributed by atoms with Crippen molar-refractivity contribution in [2.45, 2.75) is 0 Å². The summed E-state index contributed by atoms with van der Waals surface area (Å²) in [7, 11) is 1.76. The predicted octanol–water partition coefficient (Wildman–Crippen LogP) is 0.705. The summed E-state index contributed by atoms with van der Waals surface area (Å²) in [5.74, 6) is 1.36. The Labute approximate surface area is 128 Å². The second kappa shape index (κ2) is 6.02. The van der Waals surface area contributed by atoms with Crippen molar-refractivity contribution in [3.05, 3.63) is 18.3 Å². The lowest BCUT2D eigenvalue weighted by atomic mass is 10.2. The number of hydrogen-bond acceptors (Lipinski definition) is 8. The fourth-order valence-electron chi connectivity index (χ4n) is 2.25. The van der Waals surface area contributed by atoms with Crippen LogP contribution >= 0.6 is 0 Å². The first-order valence-electron chi connectivity index (χ1n) is 7.02. The number of anilines is 3. The summed E-state index contributed by atoms with van der Waals surface area (Å²) >= 11 is 0. The van der Waals surface area contributed by atoms with Gasteiger partial charge in [0, 0.05) is 38.0 Å². The first kappa shape index (κ1) is 14.3. The largest absolute Gasteiger partial charge is 0.504 e. The molecule has 0 aliphatic carbocycles. The highest BCUT2D eigenvalue weighted by molar-refractivity contribution is 5.67. The first-order valence-corrected chi connectivity index (χ1v) is 7.02. The number of nitrogens with one attached hydrogen (secondary N) is 1. The molecule has 116 valence electrons. The molecule has 2 aromatic heterocycles. The molecule has 3 heterocycles. The number of aromatic hydroxyl groups is 1. The van der Waals surface area contributed by atoms with Crippen LogP contribution in [-0.4, -0.2) is 53.4 Å². The van der Waals surface area contributed by atoms with E-state index >= 15 is 0 Å². The molecule has 0 amide bonds. The molecule has 0 saturated carbocycles. The zero-order chi connectivity index (χ0) is 15.5. The van der Waals surface area contributed by atoms with Crippen molar-refractivity contribution in [1.82, 2.24) is 15.0 Å². The van der Waals surface area contributed by atoms with Crippen molar-refractivity contribution < 1.29 is 9.84 Å². The van der Waals surface area contributed by atoms with Gasteiger partial charge >= 0.3 is 0 Å². The second-order valence-corrected chi connectivity index (χ2v) is 4.91. The molecule has 0 radical (unpaired) electrons. The molecular weight excluding hydrogens is 284 g/mol. The van der Waals surface area contributed by atoms with Crippen LogP contribution in [0.4, 0.5) is 17.6 Å². The summed E-state index contributed by atoms with van der Waals surface area (Å²) in [6.07, 6.45) is 1.58. The van der Waals surface area contributed by atoms with Crippen molar-refractivity contribution >= 4 is 17.6 Å². The van der Waals surface area contributed by atoms with Crippen LogP contribution in [0.15, 0.2) is 18.3 Å². The van der Waals surface area contributed by atoms with E-state index in [2.05, 4.69) is 25.2 Å². The van der Waals surface area contributed by atoms with E-state index in [1.54, 1.807) is 19.3 Å². The van der Waals surface area contributed by atoms with Crippen LogP contribution in [0.25, 0.3) is 11.3 Å². The molecule has 0 unspecified atom stereocenters. The molecule has 1 saturated heterocycles. The van der Waals surface area contributed by atoms with Gasteiger partial charge < -0.3 is 25.8 Å². The highest BCUT2D eigenvalue weighted by Crippen LogP contribution is 2.27. The van der Waals surface area contributed by atoms with Crippen LogP contribution in [0.5, 0.6) is 5.75 Å². The summed E-state index contributed by atoms with van der Waals surface area (Å²) in [5.41, 5.74) is 6.89. The van der Waals surface area contributed by atoms with Crippen molar-refractivity contribution in [2.24, 2.45) is 0 Å². The van der Waals surface area contributed by atoms with Crippen molar-refractivity contribution in [1.29, 1.82) is 0 Å². The summed E-state index contributed by atoms with van der Waals surface area (Å²) < 4.78 is 5.36. The molecule has 4 N–H and O–H groups in total. The van der Waals surface area contributed by atoms with Gasteiger partial charge in [-0.15, -0.1) is 0 Å². The normalized spacial score (nSPS) is 14.9. The van der Waals surface area contributed by atoms with E-state index in [0.29, 0.717) is 30.4 Å². The minimum Gasteiger partial charge on any atom is -0.504 e. The first-order chi connectivity index (χ1) is 10.7. The molecule has 0 aromatic carbocycles. The number of ether oxygens (including phenoxy) is 1. The maximum Gasteiger partial charge on any atom is 0.224 e. The Bertz CT molecular complexity index is 672. The van der Waals surface area contributed by atoms with Crippen LogP contribution in [0.1, 0.15) is 0 Å². The third kappa shape index (κ3) is 2.86. The molecule has 8 heteroatoms. The zero-order valence-electron chi connectivity index (χ0n) is 12.3. The van der Waals surface area contributed by atoms with Gasteiger partial charge in [-0.1, -0.05) is 0 Å². The Balaban J connectivity index is 2.01. The van der Waals surface area contributed by atoms with Gasteiger partial charge in [0.15, 0.2) is 11.6 Å². The van der Waals surface area contributed by atoms with E-state index in [9.17, 15) is 5.11 Å². The number of rotatable bonds is 3. The molecule has 0 spiro atoms. The highest BCUT2D eigenvalue weighted by Gasteiger charge is 2.16. The fraction of sp³-hybridized carbons (Fsp3) is 0.357. The SMILES string of the molecule is CNc1nc(-c2cnc(N)c(O)c2)cc(N2CCOCC2)n1. The molecule has 8 nitrogen and oxygen atoms in total. The quantitative estimate of drug-likeness (QED) is 0.760. The van der Waals surface area contributed by atoms with Gasteiger partial charge in [0.25, 0.3) is 0 Å². The van der Waals surface area contributed by atoms with Crippen LogP contribution in [0, 0.1) is 0 Å². The summed E-state index contributed by atoms with van der Waals surface area (Å²) in [5, 5.41) is 12.7. The molecule has 1 aliphatic heterocycles. The van der Waals surface area contributed by atoms with Gasteiger partial charge in [0.2, 0.25) is 5.95 Å². The third-order valence-corrected chi connectivity index (χ3v) is 3.46. The minimum atomic E-state index is -0.0601. The molecule has 1 aliphatic rings. The molecule has 2 aromatic rings. The summed E-state index contributed by atoms with van der Waals surface area (Å²) in [6, 6.07) is 3.42. The van der Waals surface area contributed by atoms with Crippen LogP contribution < -0.4 is 16.0 Å². The molecule has 3 rings (SSSR count). The van der Waals surface area contributed by atoms with Crippen LogP contribution in [-0.2, 0) is 4.74 Å². The Morgan fingerprint density at radius 3 is 2.73 bits per heavy atom. The summed E-state index contributed by atoms with van der Waals surface area (Å²) in [4.78, 5) is 15.0. The van der Waals surface area contributed by atoms with Crippen LogP contribution in [0.3, 0.4) is 0 Å². The Morgan fingerprint density at radius 1 is 1.27 bits per heavy atom. The van der Waals surface area contributed by atoms with E-state index in [1.807, 2.05) is 6.07 Å². The molecular formula is C14H18N6O2. The van der Waals surface area contributed by atoms with Gasteiger partial charge in [0.05, 0.1) is 18.9 Å². The lowest BCUT2D eigenvalue weighted by Gasteiger charge is -2.28. The molecule has 0 atom stereocenters. The predicted molar refractivity (Wildman–Crippen MR) is 83.9 cm³/mol. The van der Waals surface area contributed by atoms with Gasteiger partial charge in [-0.2, -0.15) is 4.98 Å². The fourth-order valence-corrected chi connectivity index (χ4v) is 2.25. The standard InChI is InChI=1S/C14H18N6O2/c1-16-14-18-10(9-6-11(21)13(15)17-8-9)7-12(19-14)20-2-4-22-5-3-20/h6-8,21H,2-5H2,1H3,(H2,15,17)(H,16,18,19). The van der Waals surface area contributed by atoms with Crippen molar-refractivity contribution in [3.63, 3.8) is 0 Å². The minimum absolute atomic E-state index is 0.0601. The van der Waals surface area contributed by atoms with E-state index in [0.717, 1.165) is 18.9 Å². The van der Waals surface area contributed by atoms with E-state index in [-0.39, 0.29) is 11.6 Å². The van der Waals surface area contributed by atoms with E-state index < -0.39 is 0 Å². The Hall–Kier alpha value is -2.61. The van der Waals surface area contributed by atoms with E-state index in [1.165, 1.54) is 0 Å². The maximum atomic E-state index is 9.73. The number of morpholine rings is 1. The smallest absolute Gasteiger partial charge is 0.224 e. The average molecular weight is 302 g/mol. The monoisotopic (exact) mass is 302 g/mol. The van der Waals surface area contributed by atoms with Crippen molar-refractivity contribution in [3.8, 4) is 17.0 Å². The van der Waals surface area contributed by atoms with Gasteiger partial charge in [-0.3, -0.25) is 0 Å². The van der Waals surface area contributed by atoms with Gasteiger partial charge in [-0.25, -0.2) is 9.97 Å². The number of aromatic nitrogens is 3.